The minimum Gasteiger partial charge on any atom is -0.481 e. The molecule has 0 saturated carbocycles. The number of hydrogen-bond donors (Lipinski definition) is 1. The number of nitriles is 1. The van der Waals surface area contributed by atoms with E-state index in [2.05, 4.69) is 10.3 Å². The maximum atomic E-state index is 13.5. The Morgan fingerprint density at radius 2 is 1.90 bits per heavy atom. The van der Waals surface area contributed by atoms with E-state index >= 15 is 0 Å². The highest BCUT2D eigenvalue weighted by Crippen LogP contribution is 2.26. The van der Waals surface area contributed by atoms with Gasteiger partial charge in [-0.15, -0.1) is 0 Å². The second-order valence-corrected chi connectivity index (χ2v) is 6.35. The van der Waals surface area contributed by atoms with E-state index in [4.69, 9.17) is 26.3 Å². The fourth-order valence-electron chi connectivity index (χ4n) is 2.36. The highest BCUT2D eigenvalue weighted by atomic mass is 35.5. The number of hydrogen-bond acceptors (Lipinski definition) is 5. The maximum absolute atomic E-state index is 13.5. The quantitative estimate of drug-likeness (QED) is 0.620. The van der Waals surface area contributed by atoms with Gasteiger partial charge in [0, 0.05) is 12.3 Å². The van der Waals surface area contributed by atoms with Crippen molar-refractivity contribution >= 4 is 23.3 Å². The van der Waals surface area contributed by atoms with Gasteiger partial charge in [0.2, 0.25) is 0 Å². The average molecular weight is 412 g/mol. The van der Waals surface area contributed by atoms with Crippen molar-refractivity contribution in [3.63, 3.8) is 0 Å². The Labute approximate surface area is 171 Å². The molecule has 0 saturated heterocycles. The largest absolute Gasteiger partial charge is 0.481 e. The molecule has 0 aliphatic carbocycles. The first-order valence-corrected chi connectivity index (χ1v) is 8.89. The fraction of sp³-hybridized carbons (Fsp3) is 0.0952. The predicted octanol–water partition coefficient (Wildman–Crippen LogP) is 4.94. The lowest BCUT2D eigenvalue weighted by atomic mass is 10.2. The second-order valence-electron chi connectivity index (χ2n) is 5.94. The van der Waals surface area contributed by atoms with Crippen molar-refractivity contribution in [2.45, 2.75) is 13.0 Å². The minimum atomic E-state index is -0.804. The van der Waals surface area contributed by atoms with E-state index in [1.54, 1.807) is 43.3 Å². The monoisotopic (exact) mass is 411 g/mol. The highest BCUT2D eigenvalue weighted by molar-refractivity contribution is 6.33. The molecule has 1 amide bonds. The van der Waals surface area contributed by atoms with E-state index in [0.717, 1.165) is 6.07 Å². The third-order valence-corrected chi connectivity index (χ3v) is 4.05. The van der Waals surface area contributed by atoms with E-state index in [1.165, 1.54) is 18.3 Å². The minimum absolute atomic E-state index is 0.160. The first-order chi connectivity index (χ1) is 13.9. The number of nitrogens with one attached hydrogen (secondary N) is 1. The van der Waals surface area contributed by atoms with Gasteiger partial charge in [0.05, 0.1) is 16.7 Å². The molecule has 146 valence electrons. The number of benzene rings is 2. The van der Waals surface area contributed by atoms with Gasteiger partial charge < -0.3 is 14.8 Å². The van der Waals surface area contributed by atoms with Crippen LogP contribution < -0.4 is 14.8 Å². The van der Waals surface area contributed by atoms with Crippen LogP contribution in [0.4, 0.5) is 10.2 Å². The van der Waals surface area contributed by atoms with Crippen molar-refractivity contribution in [2.24, 2.45) is 0 Å². The van der Waals surface area contributed by atoms with Crippen LogP contribution in [0.2, 0.25) is 5.02 Å². The standard InChI is InChI=1S/C21H15ClFN3O3/c1-13(21(27)26-20-19(22)3-2-8-25-20)28-16-4-6-17(7-5-16)29-18-10-14(12-24)9-15(23)11-18/h2-11,13H,1H3,(H,25,26,27). The lowest BCUT2D eigenvalue weighted by Gasteiger charge is -2.15. The highest BCUT2D eigenvalue weighted by Gasteiger charge is 2.16. The molecule has 0 fully saturated rings. The Morgan fingerprint density at radius 3 is 2.59 bits per heavy atom. The smallest absolute Gasteiger partial charge is 0.266 e. The van der Waals surface area contributed by atoms with Gasteiger partial charge >= 0.3 is 0 Å². The van der Waals surface area contributed by atoms with Crippen LogP contribution in [0, 0.1) is 17.1 Å². The van der Waals surface area contributed by atoms with Gasteiger partial charge in [0.15, 0.2) is 11.9 Å². The van der Waals surface area contributed by atoms with E-state index in [1.807, 2.05) is 6.07 Å². The summed E-state index contributed by atoms with van der Waals surface area (Å²) in [7, 11) is 0. The molecule has 2 aromatic carbocycles. The molecule has 1 unspecified atom stereocenters. The zero-order valence-electron chi connectivity index (χ0n) is 15.2. The maximum Gasteiger partial charge on any atom is 0.266 e. The second kappa shape index (κ2) is 9.04. The SMILES string of the molecule is CC(Oc1ccc(Oc2cc(F)cc(C#N)c2)cc1)C(=O)Nc1ncccc1Cl. The van der Waals surface area contributed by atoms with E-state index in [9.17, 15) is 9.18 Å². The van der Waals surface area contributed by atoms with Crippen LogP contribution in [0.5, 0.6) is 17.2 Å². The lowest BCUT2D eigenvalue weighted by molar-refractivity contribution is -0.122. The molecular weight excluding hydrogens is 397 g/mol. The average Bonchev–Trinajstić information content (AvgIpc) is 2.70. The van der Waals surface area contributed by atoms with Gasteiger partial charge in [0.1, 0.15) is 23.1 Å². The number of carbonyl (C=O) groups excluding carboxylic acids is 1. The molecule has 1 atom stereocenters. The van der Waals surface area contributed by atoms with Gasteiger partial charge in [-0.2, -0.15) is 5.26 Å². The van der Waals surface area contributed by atoms with Gasteiger partial charge in [0.25, 0.3) is 5.91 Å². The third-order valence-electron chi connectivity index (χ3n) is 3.74. The first-order valence-electron chi connectivity index (χ1n) is 8.51. The molecule has 0 aliphatic rings. The molecule has 0 spiro atoms. The van der Waals surface area contributed by atoms with Crippen LogP contribution in [0.3, 0.4) is 0 Å². The van der Waals surface area contributed by atoms with Gasteiger partial charge in [-0.3, -0.25) is 4.79 Å². The summed E-state index contributed by atoms with van der Waals surface area (Å²) in [6, 6.07) is 15.3. The molecule has 3 aromatic rings. The van der Waals surface area contributed by atoms with Crippen molar-refractivity contribution in [3.05, 3.63) is 77.2 Å². The first kappa shape index (κ1) is 20.1. The molecule has 0 bridgehead atoms. The zero-order chi connectivity index (χ0) is 20.8. The van der Waals surface area contributed by atoms with Gasteiger partial charge in [-0.1, -0.05) is 11.6 Å². The number of nitrogens with zero attached hydrogens (tertiary/aromatic N) is 2. The number of ether oxygens (including phenoxy) is 2. The summed E-state index contributed by atoms with van der Waals surface area (Å²) in [5.74, 6) is 0.343. The van der Waals surface area contributed by atoms with Crippen molar-refractivity contribution in [1.29, 1.82) is 5.26 Å². The number of aromatic nitrogens is 1. The third kappa shape index (κ3) is 5.43. The fourth-order valence-corrected chi connectivity index (χ4v) is 2.53. The van der Waals surface area contributed by atoms with Crippen molar-refractivity contribution in [2.75, 3.05) is 5.32 Å². The Kier molecular flexibility index (Phi) is 6.27. The summed E-state index contributed by atoms with van der Waals surface area (Å²) in [4.78, 5) is 16.2. The summed E-state index contributed by atoms with van der Waals surface area (Å²) < 4.78 is 24.6. The molecule has 0 aliphatic heterocycles. The predicted molar refractivity (Wildman–Crippen MR) is 106 cm³/mol. The number of anilines is 1. The summed E-state index contributed by atoms with van der Waals surface area (Å²) in [5.41, 5.74) is 0.160. The van der Waals surface area contributed by atoms with E-state index in [-0.39, 0.29) is 17.1 Å². The molecule has 1 aromatic heterocycles. The van der Waals surface area contributed by atoms with Crippen LogP contribution in [-0.2, 0) is 4.79 Å². The van der Waals surface area contributed by atoms with Gasteiger partial charge in [-0.25, -0.2) is 9.37 Å². The molecule has 6 nitrogen and oxygen atoms in total. The molecule has 1 heterocycles. The van der Waals surface area contributed by atoms with Crippen LogP contribution >= 0.6 is 11.6 Å². The number of pyridine rings is 1. The molecular formula is C21H15ClFN3O3. The number of amides is 1. The normalized spacial score (nSPS) is 11.2. The van der Waals surface area contributed by atoms with Crippen LogP contribution in [0.15, 0.2) is 60.8 Å². The Morgan fingerprint density at radius 1 is 1.17 bits per heavy atom. The van der Waals surface area contributed by atoms with E-state index in [0.29, 0.717) is 16.5 Å². The Bertz CT molecular complexity index is 1070. The summed E-state index contributed by atoms with van der Waals surface area (Å²) >= 11 is 5.97. The molecule has 8 heteroatoms. The van der Waals surface area contributed by atoms with Gasteiger partial charge in [-0.05, 0) is 55.5 Å². The summed E-state index contributed by atoms with van der Waals surface area (Å²) in [6.07, 6.45) is 0.713. The Hall–Kier alpha value is -3.63. The number of halogens is 2. The summed E-state index contributed by atoms with van der Waals surface area (Å²) in [6.45, 7) is 1.59. The zero-order valence-corrected chi connectivity index (χ0v) is 16.0. The summed E-state index contributed by atoms with van der Waals surface area (Å²) in [5, 5.41) is 11.8. The van der Waals surface area contributed by atoms with Crippen LogP contribution in [-0.4, -0.2) is 17.0 Å². The van der Waals surface area contributed by atoms with Crippen LogP contribution in [0.1, 0.15) is 12.5 Å². The molecule has 29 heavy (non-hydrogen) atoms. The number of rotatable bonds is 6. The van der Waals surface area contributed by atoms with Crippen molar-refractivity contribution < 1.29 is 18.7 Å². The number of carbonyl (C=O) groups is 1. The van der Waals surface area contributed by atoms with Crippen molar-refractivity contribution in [1.82, 2.24) is 4.98 Å². The van der Waals surface area contributed by atoms with Crippen LogP contribution in [0.25, 0.3) is 0 Å². The Balaban J connectivity index is 1.61. The topological polar surface area (TPSA) is 84.2 Å². The molecule has 3 rings (SSSR count). The molecule has 0 radical (unpaired) electrons. The molecule has 1 N–H and O–H groups in total. The van der Waals surface area contributed by atoms with Crippen molar-refractivity contribution in [3.8, 4) is 23.3 Å². The van der Waals surface area contributed by atoms with E-state index < -0.39 is 17.8 Å². The lowest BCUT2D eigenvalue weighted by Crippen LogP contribution is -2.30.